The van der Waals surface area contributed by atoms with Gasteiger partial charge in [0.25, 0.3) is 0 Å². The fourth-order valence-electron chi connectivity index (χ4n) is 2.13. The van der Waals surface area contributed by atoms with E-state index in [0.717, 1.165) is 0 Å². The van der Waals surface area contributed by atoms with E-state index in [9.17, 15) is 19.5 Å². The second-order valence-corrected chi connectivity index (χ2v) is 4.76. The van der Waals surface area contributed by atoms with E-state index in [-0.39, 0.29) is 12.5 Å². The molecule has 3 N–H and O–H groups in total. The number of urea groups is 1. The van der Waals surface area contributed by atoms with Gasteiger partial charge in [-0.05, 0) is 12.0 Å². The minimum atomic E-state index is -1.14. The van der Waals surface area contributed by atoms with Crippen LogP contribution in [0.25, 0.3) is 0 Å². The fraction of sp³-hybridized carbons (Fsp3) is 0.357. The van der Waals surface area contributed by atoms with Crippen LogP contribution in [-0.2, 0) is 9.59 Å². The second-order valence-electron chi connectivity index (χ2n) is 4.76. The van der Waals surface area contributed by atoms with Crippen LogP contribution in [0.2, 0.25) is 0 Å². The van der Waals surface area contributed by atoms with Gasteiger partial charge in [0, 0.05) is 13.1 Å². The molecule has 1 aromatic carbocycles. The SMILES string of the molecule is O=C1CN(C(=O)NC(C(=O)O)c2ccccc2)CCCN1. The Hall–Kier alpha value is -2.57. The fourth-order valence-corrected chi connectivity index (χ4v) is 2.13. The zero-order valence-electron chi connectivity index (χ0n) is 11.4. The summed E-state index contributed by atoms with van der Waals surface area (Å²) in [6.07, 6.45) is 0.641. The summed E-state index contributed by atoms with van der Waals surface area (Å²) in [5, 5.41) is 14.4. The predicted octanol–water partition coefficient (Wildman–Crippen LogP) is 0.344. The van der Waals surface area contributed by atoms with Crippen molar-refractivity contribution in [1.82, 2.24) is 15.5 Å². The van der Waals surface area contributed by atoms with Crippen LogP contribution in [-0.4, -0.2) is 47.5 Å². The first-order valence-electron chi connectivity index (χ1n) is 6.68. The lowest BCUT2D eigenvalue weighted by atomic mass is 10.1. The summed E-state index contributed by atoms with van der Waals surface area (Å²) >= 11 is 0. The van der Waals surface area contributed by atoms with Crippen molar-refractivity contribution in [2.75, 3.05) is 19.6 Å². The van der Waals surface area contributed by atoms with E-state index in [4.69, 9.17) is 0 Å². The molecule has 21 heavy (non-hydrogen) atoms. The number of aliphatic carboxylic acids is 1. The molecule has 1 atom stereocenters. The van der Waals surface area contributed by atoms with E-state index in [2.05, 4.69) is 10.6 Å². The molecule has 1 aromatic rings. The summed E-state index contributed by atoms with van der Waals surface area (Å²) in [5.74, 6) is -1.39. The quantitative estimate of drug-likeness (QED) is 0.748. The van der Waals surface area contributed by atoms with Crippen molar-refractivity contribution in [2.45, 2.75) is 12.5 Å². The number of carboxylic acids is 1. The average Bonchev–Trinajstić information content (AvgIpc) is 2.69. The molecule has 0 radical (unpaired) electrons. The van der Waals surface area contributed by atoms with E-state index in [0.29, 0.717) is 25.1 Å². The van der Waals surface area contributed by atoms with E-state index in [1.165, 1.54) is 4.90 Å². The van der Waals surface area contributed by atoms with Crippen LogP contribution >= 0.6 is 0 Å². The van der Waals surface area contributed by atoms with E-state index in [1.807, 2.05) is 0 Å². The summed E-state index contributed by atoms with van der Waals surface area (Å²) < 4.78 is 0. The number of hydrogen-bond acceptors (Lipinski definition) is 3. The number of nitrogens with zero attached hydrogens (tertiary/aromatic N) is 1. The molecule has 3 amide bonds. The number of amides is 3. The van der Waals surface area contributed by atoms with Gasteiger partial charge in [-0.3, -0.25) is 4.79 Å². The largest absolute Gasteiger partial charge is 0.479 e. The molecule has 1 unspecified atom stereocenters. The molecule has 1 saturated heterocycles. The average molecular weight is 291 g/mol. The molecular formula is C14H17N3O4. The molecule has 1 aliphatic heterocycles. The zero-order chi connectivity index (χ0) is 15.2. The molecule has 0 aromatic heterocycles. The van der Waals surface area contributed by atoms with Crippen molar-refractivity contribution in [3.8, 4) is 0 Å². The third-order valence-electron chi connectivity index (χ3n) is 3.20. The Kier molecular flexibility index (Phi) is 4.76. The molecule has 1 fully saturated rings. The van der Waals surface area contributed by atoms with Crippen molar-refractivity contribution in [1.29, 1.82) is 0 Å². The van der Waals surface area contributed by atoms with Crippen LogP contribution in [0.4, 0.5) is 4.79 Å². The highest BCUT2D eigenvalue weighted by Gasteiger charge is 2.26. The molecule has 0 spiro atoms. The van der Waals surface area contributed by atoms with E-state index in [1.54, 1.807) is 30.3 Å². The maximum atomic E-state index is 12.2. The highest BCUT2D eigenvalue weighted by molar-refractivity contribution is 5.87. The van der Waals surface area contributed by atoms with Crippen LogP contribution < -0.4 is 10.6 Å². The lowest BCUT2D eigenvalue weighted by molar-refractivity contribution is -0.139. The van der Waals surface area contributed by atoms with Gasteiger partial charge in [0.2, 0.25) is 5.91 Å². The minimum absolute atomic E-state index is 0.0625. The first-order valence-corrected chi connectivity index (χ1v) is 6.68. The maximum absolute atomic E-state index is 12.2. The number of carbonyl (C=O) groups excluding carboxylic acids is 2. The van der Waals surface area contributed by atoms with Gasteiger partial charge in [-0.2, -0.15) is 0 Å². The van der Waals surface area contributed by atoms with Crippen molar-refractivity contribution in [3.05, 3.63) is 35.9 Å². The van der Waals surface area contributed by atoms with Crippen molar-refractivity contribution < 1.29 is 19.5 Å². The topological polar surface area (TPSA) is 98.7 Å². The van der Waals surface area contributed by atoms with E-state index < -0.39 is 18.0 Å². The number of rotatable bonds is 3. The van der Waals surface area contributed by atoms with Crippen LogP contribution in [0.5, 0.6) is 0 Å². The van der Waals surface area contributed by atoms with Gasteiger partial charge >= 0.3 is 12.0 Å². The Balaban J connectivity index is 2.08. The number of benzene rings is 1. The molecule has 112 valence electrons. The Labute approximate surface area is 121 Å². The number of nitrogens with one attached hydrogen (secondary N) is 2. The lowest BCUT2D eigenvalue weighted by Crippen LogP contribution is -2.46. The Morgan fingerprint density at radius 2 is 2.00 bits per heavy atom. The second kappa shape index (κ2) is 6.74. The minimum Gasteiger partial charge on any atom is -0.479 e. The molecule has 7 heteroatoms. The van der Waals surface area contributed by atoms with Crippen LogP contribution in [0, 0.1) is 0 Å². The van der Waals surface area contributed by atoms with Gasteiger partial charge in [-0.15, -0.1) is 0 Å². The zero-order valence-corrected chi connectivity index (χ0v) is 11.4. The van der Waals surface area contributed by atoms with E-state index >= 15 is 0 Å². The number of carbonyl (C=O) groups is 3. The van der Waals surface area contributed by atoms with Gasteiger partial charge in [-0.1, -0.05) is 30.3 Å². The number of hydrogen-bond donors (Lipinski definition) is 3. The van der Waals surface area contributed by atoms with Gasteiger partial charge < -0.3 is 20.6 Å². The molecule has 2 rings (SSSR count). The molecule has 7 nitrogen and oxygen atoms in total. The third-order valence-corrected chi connectivity index (χ3v) is 3.20. The Morgan fingerprint density at radius 1 is 1.29 bits per heavy atom. The normalized spacial score (nSPS) is 16.6. The van der Waals surface area contributed by atoms with Gasteiger partial charge in [0.05, 0.1) is 0 Å². The van der Waals surface area contributed by atoms with Crippen LogP contribution in [0.1, 0.15) is 18.0 Å². The summed E-state index contributed by atoms with van der Waals surface area (Å²) in [5.41, 5.74) is 0.484. The summed E-state index contributed by atoms with van der Waals surface area (Å²) in [4.78, 5) is 36.3. The smallest absolute Gasteiger partial charge is 0.330 e. The molecule has 1 heterocycles. The molecule has 0 bridgehead atoms. The predicted molar refractivity (Wildman–Crippen MR) is 74.6 cm³/mol. The van der Waals surface area contributed by atoms with Crippen molar-refractivity contribution >= 4 is 17.9 Å². The van der Waals surface area contributed by atoms with Crippen LogP contribution in [0.3, 0.4) is 0 Å². The Bertz CT molecular complexity index is 532. The third kappa shape index (κ3) is 3.95. The first kappa shape index (κ1) is 14.8. The highest BCUT2D eigenvalue weighted by Crippen LogP contribution is 2.13. The van der Waals surface area contributed by atoms with Gasteiger partial charge in [0.1, 0.15) is 6.54 Å². The standard InChI is InChI=1S/C14H17N3O4/c18-11-9-17(8-4-7-15-11)14(21)16-12(13(19)20)10-5-2-1-3-6-10/h1-3,5-6,12H,4,7-9H2,(H,15,18)(H,16,21)(H,19,20). The molecule has 1 aliphatic rings. The van der Waals surface area contributed by atoms with Crippen molar-refractivity contribution in [3.63, 3.8) is 0 Å². The first-order chi connectivity index (χ1) is 10.1. The maximum Gasteiger partial charge on any atom is 0.330 e. The molecular weight excluding hydrogens is 274 g/mol. The Morgan fingerprint density at radius 3 is 2.67 bits per heavy atom. The summed E-state index contributed by atoms with van der Waals surface area (Å²) in [6, 6.07) is 6.76. The molecule has 0 aliphatic carbocycles. The van der Waals surface area contributed by atoms with Gasteiger partial charge in [0.15, 0.2) is 6.04 Å². The summed E-state index contributed by atoms with van der Waals surface area (Å²) in [7, 11) is 0. The monoisotopic (exact) mass is 291 g/mol. The highest BCUT2D eigenvalue weighted by atomic mass is 16.4. The van der Waals surface area contributed by atoms with Crippen LogP contribution in [0.15, 0.2) is 30.3 Å². The molecule has 0 saturated carbocycles. The van der Waals surface area contributed by atoms with Crippen molar-refractivity contribution in [2.24, 2.45) is 0 Å². The summed E-state index contributed by atoms with van der Waals surface area (Å²) in [6.45, 7) is 0.863. The number of carboxylic acid groups (broad SMARTS) is 1. The lowest BCUT2D eigenvalue weighted by Gasteiger charge is -2.22. The van der Waals surface area contributed by atoms with Gasteiger partial charge in [-0.25, -0.2) is 9.59 Å².